The number of sulfone groups is 1. The predicted molar refractivity (Wildman–Crippen MR) is 67.0 cm³/mol. The smallest absolute Gasteiger partial charge is 0.179 e. The molecule has 1 aliphatic rings. The van der Waals surface area contributed by atoms with E-state index >= 15 is 0 Å². The summed E-state index contributed by atoms with van der Waals surface area (Å²) in [6.45, 7) is 1.84. The number of nitrogens with one attached hydrogen (secondary N) is 1. The lowest BCUT2D eigenvalue weighted by Crippen LogP contribution is -2.34. The van der Waals surface area contributed by atoms with Crippen LogP contribution in [0.3, 0.4) is 0 Å². The minimum absolute atomic E-state index is 0.300. The van der Waals surface area contributed by atoms with Gasteiger partial charge in [0, 0.05) is 32.1 Å². The number of rotatable bonds is 3. The summed E-state index contributed by atoms with van der Waals surface area (Å²) in [5.74, 6) is 0.545. The molecule has 0 bridgehead atoms. The molecule has 2 rings (SSSR count). The Labute approximate surface area is 102 Å². The quantitative estimate of drug-likeness (QED) is 0.841. The van der Waals surface area contributed by atoms with E-state index in [9.17, 15) is 8.42 Å². The van der Waals surface area contributed by atoms with Crippen molar-refractivity contribution in [2.75, 3.05) is 31.3 Å². The highest BCUT2D eigenvalue weighted by Crippen LogP contribution is 2.24. The Hall–Kier alpha value is -1.14. The summed E-state index contributed by atoms with van der Waals surface area (Å²) in [5, 5.41) is 3.26. The molecular weight excluding hydrogens is 238 g/mol. The fourth-order valence-corrected chi connectivity index (χ4v) is 2.93. The first kappa shape index (κ1) is 12.3. The SMILES string of the molecule is CN(c1ncccc1S(C)(=O)=O)C1CCNC1. The molecule has 0 spiro atoms. The number of hydrogen-bond donors (Lipinski definition) is 1. The molecule has 0 radical (unpaired) electrons. The molecule has 1 aromatic heterocycles. The lowest BCUT2D eigenvalue weighted by molar-refractivity contribution is 0.599. The summed E-state index contributed by atoms with van der Waals surface area (Å²) < 4.78 is 23.4. The van der Waals surface area contributed by atoms with Gasteiger partial charge in [-0.05, 0) is 25.1 Å². The van der Waals surface area contributed by atoms with E-state index < -0.39 is 9.84 Å². The molecule has 0 aromatic carbocycles. The molecule has 0 amide bonds. The molecule has 17 heavy (non-hydrogen) atoms. The molecular formula is C11H17N3O2S. The van der Waals surface area contributed by atoms with E-state index in [1.807, 2.05) is 11.9 Å². The van der Waals surface area contributed by atoms with Crippen molar-refractivity contribution in [2.45, 2.75) is 17.4 Å². The van der Waals surface area contributed by atoms with Gasteiger partial charge in [0.05, 0.1) is 0 Å². The molecule has 0 aliphatic carbocycles. The average molecular weight is 255 g/mol. The van der Waals surface area contributed by atoms with E-state index in [0.717, 1.165) is 19.5 Å². The highest BCUT2D eigenvalue weighted by atomic mass is 32.2. The zero-order valence-electron chi connectivity index (χ0n) is 10.0. The third kappa shape index (κ3) is 2.58. The Morgan fingerprint density at radius 3 is 2.88 bits per heavy atom. The summed E-state index contributed by atoms with van der Waals surface area (Å²) in [7, 11) is -1.34. The monoisotopic (exact) mass is 255 g/mol. The zero-order chi connectivity index (χ0) is 12.5. The normalized spacial score (nSPS) is 20.5. The molecule has 2 heterocycles. The van der Waals surface area contributed by atoms with E-state index in [1.165, 1.54) is 6.26 Å². The van der Waals surface area contributed by atoms with Gasteiger partial charge in [-0.25, -0.2) is 13.4 Å². The Morgan fingerprint density at radius 2 is 2.29 bits per heavy atom. The van der Waals surface area contributed by atoms with Crippen LogP contribution in [0.25, 0.3) is 0 Å². The van der Waals surface area contributed by atoms with Crippen LogP contribution < -0.4 is 10.2 Å². The van der Waals surface area contributed by atoms with Crippen LogP contribution in [0.15, 0.2) is 23.2 Å². The Balaban J connectivity index is 2.37. The van der Waals surface area contributed by atoms with Gasteiger partial charge in [0.2, 0.25) is 0 Å². The standard InChI is InChI=1S/C11H17N3O2S/c1-14(9-5-7-12-8-9)11-10(17(2,15)16)4-3-6-13-11/h3-4,6,9,12H,5,7-8H2,1-2H3. The molecule has 1 aliphatic heterocycles. The maximum absolute atomic E-state index is 11.7. The van der Waals surface area contributed by atoms with Crippen LogP contribution in [-0.2, 0) is 9.84 Å². The minimum atomic E-state index is -3.23. The average Bonchev–Trinajstić information content (AvgIpc) is 2.80. The lowest BCUT2D eigenvalue weighted by atomic mass is 10.2. The molecule has 94 valence electrons. The molecule has 6 heteroatoms. The first-order chi connectivity index (χ1) is 8.00. The van der Waals surface area contributed by atoms with Crippen LogP contribution >= 0.6 is 0 Å². The number of likely N-dealkylation sites (N-methyl/N-ethyl adjacent to an activating group) is 1. The van der Waals surface area contributed by atoms with Gasteiger partial charge in [0.25, 0.3) is 0 Å². The summed E-state index contributed by atoms with van der Waals surface area (Å²) in [6, 6.07) is 3.57. The van der Waals surface area contributed by atoms with E-state index in [-0.39, 0.29) is 0 Å². The number of anilines is 1. The van der Waals surface area contributed by atoms with Crippen LogP contribution in [0.1, 0.15) is 6.42 Å². The van der Waals surface area contributed by atoms with Crippen molar-refractivity contribution in [3.63, 3.8) is 0 Å². The van der Waals surface area contributed by atoms with E-state index in [1.54, 1.807) is 18.3 Å². The van der Waals surface area contributed by atoms with Crippen LogP contribution in [0.5, 0.6) is 0 Å². The lowest BCUT2D eigenvalue weighted by Gasteiger charge is -2.26. The summed E-state index contributed by atoms with van der Waals surface area (Å²) in [5.41, 5.74) is 0. The number of hydrogen-bond acceptors (Lipinski definition) is 5. The van der Waals surface area contributed by atoms with Crippen molar-refractivity contribution >= 4 is 15.7 Å². The summed E-state index contributed by atoms with van der Waals surface area (Å²) in [4.78, 5) is 6.46. The highest BCUT2D eigenvalue weighted by Gasteiger charge is 2.24. The van der Waals surface area contributed by atoms with Gasteiger partial charge in [-0.1, -0.05) is 0 Å². The van der Waals surface area contributed by atoms with E-state index in [4.69, 9.17) is 0 Å². The molecule has 1 atom stereocenters. The third-order valence-electron chi connectivity index (χ3n) is 3.07. The Morgan fingerprint density at radius 1 is 1.53 bits per heavy atom. The van der Waals surface area contributed by atoms with Gasteiger partial charge in [0.15, 0.2) is 9.84 Å². The van der Waals surface area contributed by atoms with Crippen molar-refractivity contribution in [3.8, 4) is 0 Å². The molecule has 1 unspecified atom stereocenters. The van der Waals surface area contributed by atoms with Crippen molar-refractivity contribution in [1.29, 1.82) is 0 Å². The van der Waals surface area contributed by atoms with Crippen LogP contribution in [-0.4, -0.2) is 45.8 Å². The van der Waals surface area contributed by atoms with Gasteiger partial charge in [-0.3, -0.25) is 0 Å². The molecule has 1 saturated heterocycles. The molecule has 1 fully saturated rings. The van der Waals surface area contributed by atoms with Gasteiger partial charge >= 0.3 is 0 Å². The van der Waals surface area contributed by atoms with Crippen LogP contribution in [0.2, 0.25) is 0 Å². The Kier molecular flexibility index (Phi) is 3.35. The summed E-state index contributed by atoms with van der Waals surface area (Å²) in [6.07, 6.45) is 3.85. The van der Waals surface area contributed by atoms with Crippen molar-refractivity contribution in [1.82, 2.24) is 10.3 Å². The van der Waals surface area contributed by atoms with Crippen LogP contribution in [0, 0.1) is 0 Å². The number of pyridine rings is 1. The third-order valence-corrected chi connectivity index (χ3v) is 4.18. The van der Waals surface area contributed by atoms with E-state index in [2.05, 4.69) is 10.3 Å². The van der Waals surface area contributed by atoms with Gasteiger partial charge in [-0.2, -0.15) is 0 Å². The predicted octanol–water partition coefficient (Wildman–Crippen LogP) is 0.283. The molecule has 5 nitrogen and oxygen atoms in total. The fourth-order valence-electron chi connectivity index (χ4n) is 2.08. The zero-order valence-corrected chi connectivity index (χ0v) is 10.9. The minimum Gasteiger partial charge on any atom is -0.354 e. The molecule has 0 saturated carbocycles. The second kappa shape index (κ2) is 4.62. The van der Waals surface area contributed by atoms with Gasteiger partial charge in [-0.15, -0.1) is 0 Å². The number of nitrogens with zero attached hydrogens (tertiary/aromatic N) is 2. The second-order valence-electron chi connectivity index (χ2n) is 4.35. The summed E-state index contributed by atoms with van der Waals surface area (Å²) >= 11 is 0. The topological polar surface area (TPSA) is 62.3 Å². The van der Waals surface area contributed by atoms with E-state index in [0.29, 0.717) is 16.8 Å². The highest BCUT2D eigenvalue weighted by molar-refractivity contribution is 7.90. The fraction of sp³-hybridized carbons (Fsp3) is 0.545. The van der Waals surface area contributed by atoms with Gasteiger partial charge < -0.3 is 10.2 Å². The first-order valence-corrected chi connectivity index (χ1v) is 7.48. The molecule has 1 N–H and O–H groups in total. The van der Waals surface area contributed by atoms with Crippen molar-refractivity contribution in [3.05, 3.63) is 18.3 Å². The van der Waals surface area contributed by atoms with Gasteiger partial charge in [0.1, 0.15) is 10.7 Å². The second-order valence-corrected chi connectivity index (χ2v) is 6.34. The Bertz CT molecular complexity index is 495. The largest absolute Gasteiger partial charge is 0.354 e. The maximum atomic E-state index is 11.7. The van der Waals surface area contributed by atoms with Crippen LogP contribution in [0.4, 0.5) is 5.82 Å². The van der Waals surface area contributed by atoms with Crippen molar-refractivity contribution < 1.29 is 8.42 Å². The first-order valence-electron chi connectivity index (χ1n) is 5.59. The molecule has 1 aromatic rings. The van der Waals surface area contributed by atoms with Crippen molar-refractivity contribution in [2.24, 2.45) is 0 Å². The maximum Gasteiger partial charge on any atom is 0.179 e. The number of aromatic nitrogens is 1.